The Hall–Kier alpha value is -2.48. The average Bonchev–Trinajstić information content (AvgIpc) is 3.04. The van der Waals surface area contributed by atoms with Crippen molar-refractivity contribution in [3.8, 4) is 11.6 Å². The molecule has 1 aliphatic heterocycles. The second-order valence-electron chi connectivity index (χ2n) is 6.85. The summed E-state index contributed by atoms with van der Waals surface area (Å²) in [6.07, 6.45) is -0.519. The first-order chi connectivity index (χ1) is 13.4. The lowest BCUT2D eigenvalue weighted by Gasteiger charge is -2.19. The first-order valence-corrected chi connectivity index (χ1v) is 9.39. The number of hydrogen-bond acceptors (Lipinski definition) is 5. The Bertz CT molecular complexity index is 781. The maximum absolute atomic E-state index is 12.6. The van der Waals surface area contributed by atoms with Gasteiger partial charge in [-0.25, -0.2) is 4.98 Å². The summed E-state index contributed by atoms with van der Waals surface area (Å²) in [4.78, 5) is 5.89. The van der Waals surface area contributed by atoms with Crippen LogP contribution >= 0.6 is 0 Å². The van der Waals surface area contributed by atoms with Crippen LogP contribution in [0.15, 0.2) is 36.5 Å². The molecule has 1 aromatic carbocycles. The van der Waals surface area contributed by atoms with Gasteiger partial charge in [0.1, 0.15) is 5.75 Å². The van der Waals surface area contributed by atoms with E-state index in [1.54, 1.807) is 6.07 Å². The fraction of sp³-hybridized carbons (Fsp3) is 0.450. The normalized spacial score (nSPS) is 14.5. The van der Waals surface area contributed by atoms with Crippen LogP contribution in [0, 0.1) is 0 Å². The monoisotopic (exact) mass is 395 g/mol. The molecule has 0 fully saturated rings. The van der Waals surface area contributed by atoms with Gasteiger partial charge in [0.2, 0.25) is 5.88 Å². The first kappa shape index (κ1) is 20.3. The third kappa shape index (κ3) is 5.07. The summed E-state index contributed by atoms with van der Waals surface area (Å²) in [6, 6.07) is 7.63. The van der Waals surface area contributed by atoms with Crippen molar-refractivity contribution in [1.82, 2.24) is 4.98 Å². The molecule has 0 saturated carbocycles. The molecular formula is C20H24F3N3O2. The van der Waals surface area contributed by atoms with Gasteiger partial charge in [0.25, 0.3) is 0 Å². The Labute approximate surface area is 162 Å². The van der Waals surface area contributed by atoms with E-state index >= 15 is 0 Å². The molecule has 152 valence electrons. The predicted molar refractivity (Wildman–Crippen MR) is 102 cm³/mol. The molecule has 0 saturated heterocycles. The standard InChI is InChI=1S/C20H24F3N3O2/c1-2-4-15(27)5-3-10-26-13-25-17-8-7-16(11-18(17)26)28-19-9-6-14(12-24-19)20(21,22)23/h6-9,11-12,15,25,27H,2-5,10,13H2,1H3. The van der Waals surface area contributed by atoms with Crippen molar-refractivity contribution in [2.24, 2.45) is 0 Å². The summed E-state index contributed by atoms with van der Waals surface area (Å²) in [5.74, 6) is 0.610. The lowest BCUT2D eigenvalue weighted by Crippen LogP contribution is -2.24. The number of aromatic nitrogens is 1. The molecule has 0 bridgehead atoms. The maximum Gasteiger partial charge on any atom is 0.417 e. The van der Waals surface area contributed by atoms with Gasteiger partial charge in [-0.15, -0.1) is 0 Å². The van der Waals surface area contributed by atoms with Gasteiger partial charge >= 0.3 is 6.18 Å². The SMILES string of the molecule is CCCC(O)CCCN1CNc2ccc(Oc3ccc(C(F)(F)F)cn3)cc21. The number of nitrogens with one attached hydrogen (secondary N) is 1. The number of aliphatic hydroxyl groups is 1. The lowest BCUT2D eigenvalue weighted by atomic mass is 10.1. The summed E-state index contributed by atoms with van der Waals surface area (Å²) in [7, 11) is 0. The van der Waals surface area contributed by atoms with Gasteiger partial charge in [-0.1, -0.05) is 13.3 Å². The van der Waals surface area contributed by atoms with E-state index in [2.05, 4.69) is 22.1 Å². The highest BCUT2D eigenvalue weighted by Gasteiger charge is 2.30. The zero-order chi connectivity index (χ0) is 20.1. The number of aliphatic hydroxyl groups excluding tert-OH is 1. The highest BCUT2D eigenvalue weighted by molar-refractivity contribution is 5.76. The fourth-order valence-corrected chi connectivity index (χ4v) is 3.18. The molecule has 2 N–H and O–H groups in total. The van der Waals surface area contributed by atoms with Crippen LogP contribution in [0.25, 0.3) is 0 Å². The molecule has 8 heteroatoms. The van der Waals surface area contributed by atoms with Crippen molar-refractivity contribution in [3.63, 3.8) is 0 Å². The van der Waals surface area contributed by atoms with Gasteiger partial charge in [-0.2, -0.15) is 13.2 Å². The fourth-order valence-electron chi connectivity index (χ4n) is 3.18. The van der Waals surface area contributed by atoms with Gasteiger partial charge in [-0.3, -0.25) is 0 Å². The molecule has 1 aliphatic rings. The number of hydrogen-bond donors (Lipinski definition) is 2. The number of alkyl halides is 3. The number of benzene rings is 1. The van der Waals surface area contributed by atoms with Gasteiger partial charge in [0.15, 0.2) is 0 Å². The zero-order valence-corrected chi connectivity index (χ0v) is 15.7. The molecule has 0 aliphatic carbocycles. The Morgan fingerprint density at radius 2 is 2.07 bits per heavy atom. The summed E-state index contributed by atoms with van der Waals surface area (Å²) in [5.41, 5.74) is 1.13. The van der Waals surface area contributed by atoms with E-state index in [9.17, 15) is 18.3 Å². The smallest absolute Gasteiger partial charge is 0.417 e. The number of halogens is 3. The Morgan fingerprint density at radius 1 is 1.25 bits per heavy atom. The number of ether oxygens (including phenoxy) is 1. The van der Waals surface area contributed by atoms with E-state index < -0.39 is 11.7 Å². The second-order valence-corrected chi connectivity index (χ2v) is 6.85. The van der Waals surface area contributed by atoms with Crippen molar-refractivity contribution in [3.05, 3.63) is 42.1 Å². The van der Waals surface area contributed by atoms with E-state index in [0.717, 1.165) is 55.9 Å². The highest BCUT2D eigenvalue weighted by Crippen LogP contribution is 2.36. The molecule has 0 amide bonds. The van der Waals surface area contributed by atoms with Crippen molar-refractivity contribution in [2.75, 3.05) is 23.4 Å². The molecule has 28 heavy (non-hydrogen) atoms. The van der Waals surface area contributed by atoms with Crippen LogP contribution in [-0.2, 0) is 6.18 Å². The van der Waals surface area contributed by atoms with Crippen molar-refractivity contribution in [2.45, 2.75) is 44.9 Å². The van der Waals surface area contributed by atoms with Crippen LogP contribution in [0.5, 0.6) is 11.6 Å². The minimum absolute atomic E-state index is 0.105. The molecule has 1 unspecified atom stereocenters. The summed E-state index contributed by atoms with van der Waals surface area (Å²) in [5, 5.41) is 13.2. The van der Waals surface area contributed by atoms with Crippen LogP contribution in [0.4, 0.5) is 24.5 Å². The summed E-state index contributed by atoms with van der Waals surface area (Å²) < 4.78 is 43.5. The van der Waals surface area contributed by atoms with E-state index in [-0.39, 0.29) is 12.0 Å². The number of nitrogens with zero attached hydrogens (tertiary/aromatic N) is 2. The van der Waals surface area contributed by atoms with Gasteiger partial charge < -0.3 is 20.1 Å². The Morgan fingerprint density at radius 3 is 2.75 bits per heavy atom. The van der Waals surface area contributed by atoms with Gasteiger partial charge in [0.05, 0.1) is 29.7 Å². The Kier molecular flexibility index (Phi) is 6.28. The van der Waals surface area contributed by atoms with Gasteiger partial charge in [0, 0.05) is 24.9 Å². The van der Waals surface area contributed by atoms with Crippen molar-refractivity contribution >= 4 is 11.4 Å². The molecule has 2 heterocycles. The summed E-state index contributed by atoms with van der Waals surface area (Å²) in [6.45, 7) is 3.51. The lowest BCUT2D eigenvalue weighted by molar-refractivity contribution is -0.137. The molecule has 1 aromatic heterocycles. The minimum atomic E-state index is -4.42. The van der Waals surface area contributed by atoms with E-state index in [0.29, 0.717) is 12.4 Å². The van der Waals surface area contributed by atoms with Crippen LogP contribution in [0.3, 0.4) is 0 Å². The molecule has 0 radical (unpaired) electrons. The molecule has 2 aromatic rings. The number of pyridine rings is 1. The van der Waals surface area contributed by atoms with Gasteiger partial charge in [-0.05, 0) is 37.5 Å². The van der Waals surface area contributed by atoms with Crippen LogP contribution in [0.2, 0.25) is 0 Å². The quantitative estimate of drug-likeness (QED) is 0.657. The van der Waals surface area contributed by atoms with Crippen LogP contribution < -0.4 is 15.0 Å². The van der Waals surface area contributed by atoms with Crippen LogP contribution in [-0.4, -0.2) is 29.4 Å². The van der Waals surface area contributed by atoms with E-state index in [1.165, 1.54) is 6.07 Å². The second kappa shape index (κ2) is 8.68. The minimum Gasteiger partial charge on any atom is -0.439 e. The third-order valence-electron chi connectivity index (χ3n) is 4.64. The number of anilines is 2. The van der Waals surface area contributed by atoms with Crippen LogP contribution in [0.1, 0.15) is 38.2 Å². The molecule has 5 nitrogen and oxygen atoms in total. The number of rotatable bonds is 8. The first-order valence-electron chi connectivity index (χ1n) is 9.39. The molecule has 0 spiro atoms. The zero-order valence-electron chi connectivity index (χ0n) is 15.7. The topological polar surface area (TPSA) is 57.6 Å². The predicted octanol–water partition coefficient (Wildman–Crippen LogP) is 5.02. The maximum atomic E-state index is 12.6. The van der Waals surface area contributed by atoms with E-state index in [1.807, 2.05) is 12.1 Å². The highest BCUT2D eigenvalue weighted by atomic mass is 19.4. The van der Waals surface area contributed by atoms with Crippen molar-refractivity contribution in [1.29, 1.82) is 0 Å². The third-order valence-corrected chi connectivity index (χ3v) is 4.64. The average molecular weight is 395 g/mol. The molecular weight excluding hydrogens is 371 g/mol. The van der Waals surface area contributed by atoms with Crippen molar-refractivity contribution < 1.29 is 23.0 Å². The van der Waals surface area contributed by atoms with E-state index in [4.69, 9.17) is 4.74 Å². The Balaban J connectivity index is 1.62. The molecule has 1 atom stereocenters. The number of fused-ring (bicyclic) bond motifs is 1. The largest absolute Gasteiger partial charge is 0.439 e. The molecule has 3 rings (SSSR count). The summed E-state index contributed by atoms with van der Waals surface area (Å²) >= 11 is 0.